The van der Waals surface area contributed by atoms with E-state index in [4.69, 9.17) is 4.74 Å². The summed E-state index contributed by atoms with van der Waals surface area (Å²) in [6.07, 6.45) is 2.47. The summed E-state index contributed by atoms with van der Waals surface area (Å²) in [6, 6.07) is 0. The van der Waals surface area contributed by atoms with Gasteiger partial charge in [-0.25, -0.2) is 0 Å². The van der Waals surface area contributed by atoms with Crippen LogP contribution in [0.1, 0.15) is 6.92 Å². The molecule has 0 rings (SSSR count). The molecule has 0 amide bonds. The topological polar surface area (TPSA) is 26.3 Å². The van der Waals surface area contributed by atoms with Gasteiger partial charge in [0.25, 0.3) is 0 Å². The molecular weight excluding hydrogens is 177 g/mol. The van der Waals surface area contributed by atoms with Gasteiger partial charge in [-0.2, -0.15) is 0 Å². The van der Waals surface area contributed by atoms with Crippen LogP contribution in [0.4, 0.5) is 0 Å². The van der Waals surface area contributed by atoms with E-state index >= 15 is 0 Å². The molecule has 0 N–H and O–H groups in total. The van der Waals surface area contributed by atoms with E-state index in [2.05, 4.69) is 10.9 Å². The molecule has 0 aromatic carbocycles. The van der Waals surface area contributed by atoms with Crippen LogP contribution >= 0.6 is 0 Å². The van der Waals surface area contributed by atoms with Crippen molar-refractivity contribution in [2.45, 2.75) is 6.92 Å². The van der Waals surface area contributed by atoms with Crippen molar-refractivity contribution in [3.8, 4) is 10.9 Å². The van der Waals surface area contributed by atoms with E-state index in [-0.39, 0.29) is 0 Å². The number of ether oxygens (including phenoxy) is 1. The zero-order valence-corrected chi connectivity index (χ0v) is 7.20. The molecule has 9 heavy (non-hydrogen) atoms. The molecule has 0 saturated carbocycles. The van der Waals surface area contributed by atoms with Gasteiger partial charge in [0.2, 0.25) is 0 Å². The Kier molecular flexibility index (Phi) is 6.82. The second-order valence-corrected chi connectivity index (χ2v) is 2.80. The van der Waals surface area contributed by atoms with Gasteiger partial charge in [0.15, 0.2) is 0 Å². The molecule has 0 fully saturated rings. The van der Waals surface area contributed by atoms with Gasteiger partial charge in [-0.1, -0.05) is 0 Å². The quantitative estimate of drug-likeness (QED) is 0.341. The molecule has 0 aromatic heterocycles. The fourth-order valence-electron chi connectivity index (χ4n) is 0.203. The fourth-order valence-corrected chi connectivity index (χ4v) is 0.753. The van der Waals surface area contributed by atoms with Crippen molar-refractivity contribution >= 4 is 21.4 Å². The Morgan fingerprint density at radius 2 is 2.56 bits per heavy atom. The number of hydrogen-bond acceptors (Lipinski definition) is 2. The second kappa shape index (κ2) is 7.35. The van der Waals surface area contributed by atoms with E-state index in [0.29, 0.717) is 6.61 Å². The average molecular weight is 183 g/mol. The molecule has 0 bridgehead atoms. The third-order valence-corrected chi connectivity index (χ3v) is 1.54. The summed E-state index contributed by atoms with van der Waals surface area (Å²) in [7, 11) is 0. The average Bonchev–Trinajstić information content (AvgIpc) is 1.89. The van der Waals surface area contributed by atoms with Crippen LogP contribution in [0.25, 0.3) is 0 Å². The van der Waals surface area contributed by atoms with E-state index in [1.807, 2.05) is 6.92 Å². The molecule has 0 heterocycles. The first-order chi connectivity index (χ1) is 4.41. The summed E-state index contributed by atoms with van der Waals surface area (Å²) in [5.74, 6) is 1.67. The molecule has 0 atom stereocenters. The fraction of sp³-hybridized carbons (Fsp3) is 0.333. The van der Waals surface area contributed by atoms with Gasteiger partial charge >= 0.3 is 60.2 Å². The molecule has 0 aromatic rings. The zero-order chi connectivity index (χ0) is 6.95. The summed E-state index contributed by atoms with van der Waals surface area (Å²) < 4.78 is 7.42. The Bertz CT molecular complexity index is 160. The van der Waals surface area contributed by atoms with E-state index < -0.39 is 15.4 Å². The Morgan fingerprint density at radius 3 is 3.11 bits per heavy atom. The maximum absolute atomic E-state index is 9.58. The third kappa shape index (κ3) is 7.35. The van der Waals surface area contributed by atoms with Crippen molar-refractivity contribution < 1.29 is 9.53 Å². The Labute approximate surface area is 60.7 Å². The van der Waals surface area contributed by atoms with Gasteiger partial charge in [0.05, 0.1) is 0 Å². The van der Waals surface area contributed by atoms with Gasteiger partial charge in [-0.15, -0.1) is 0 Å². The normalized spacial score (nSPS) is 6.33. The standard InChI is InChI=1S/C6H6GeO2/c1-2-9-6-4-7-3-5-8/h3H,2H2,1H3. The van der Waals surface area contributed by atoms with Crippen LogP contribution in [-0.2, 0) is 9.53 Å². The third-order valence-electron chi connectivity index (χ3n) is 0.471. The van der Waals surface area contributed by atoms with Gasteiger partial charge in [0, 0.05) is 0 Å². The van der Waals surface area contributed by atoms with Crippen molar-refractivity contribution in [1.82, 2.24) is 0 Å². The molecule has 0 aliphatic heterocycles. The Balaban J connectivity index is 3.26. The summed E-state index contributed by atoms with van der Waals surface area (Å²) in [5.41, 5.74) is 0. The van der Waals surface area contributed by atoms with Crippen molar-refractivity contribution in [2.75, 3.05) is 6.61 Å². The van der Waals surface area contributed by atoms with Crippen LogP contribution in [0.2, 0.25) is 0 Å². The predicted octanol–water partition coefficient (Wildman–Crippen LogP) is -0.00920. The van der Waals surface area contributed by atoms with Gasteiger partial charge < -0.3 is 0 Å². The number of carbonyl (C=O) groups excluding carboxylic acids is 1. The van der Waals surface area contributed by atoms with Crippen LogP contribution < -0.4 is 0 Å². The summed E-state index contributed by atoms with van der Waals surface area (Å²) in [4.78, 5) is 11.0. The SMILES string of the molecule is CCOC#[C][Ge][CH]=C=O. The van der Waals surface area contributed by atoms with Gasteiger partial charge in [0.1, 0.15) is 0 Å². The maximum atomic E-state index is 9.58. The molecule has 46 valence electrons. The van der Waals surface area contributed by atoms with Crippen LogP contribution in [0.15, 0.2) is 4.91 Å². The number of hydrogen-bond donors (Lipinski definition) is 0. The molecular formula is C6H6GeO2. The van der Waals surface area contributed by atoms with Gasteiger partial charge in [-0.3, -0.25) is 0 Å². The summed E-state index contributed by atoms with van der Waals surface area (Å²) in [5, 5.41) is 0. The van der Waals surface area contributed by atoms with Crippen molar-refractivity contribution in [2.24, 2.45) is 0 Å². The molecule has 0 spiro atoms. The minimum atomic E-state index is -0.537. The molecule has 2 radical (unpaired) electrons. The first-order valence-electron chi connectivity index (χ1n) is 2.48. The molecule has 0 unspecified atom stereocenters. The first-order valence-corrected chi connectivity index (χ1v) is 4.74. The summed E-state index contributed by atoms with van der Waals surface area (Å²) >= 11 is -0.537. The monoisotopic (exact) mass is 184 g/mol. The number of rotatable bonds is 2. The van der Waals surface area contributed by atoms with E-state index in [0.717, 1.165) is 0 Å². The Hall–Kier alpha value is -0.647. The van der Waals surface area contributed by atoms with Crippen LogP contribution in [0.3, 0.4) is 0 Å². The van der Waals surface area contributed by atoms with E-state index in [1.165, 1.54) is 4.91 Å². The van der Waals surface area contributed by atoms with E-state index in [9.17, 15) is 4.79 Å². The van der Waals surface area contributed by atoms with Crippen molar-refractivity contribution in [3.05, 3.63) is 4.91 Å². The minimum absolute atomic E-state index is 0.537. The van der Waals surface area contributed by atoms with Crippen LogP contribution in [0, 0.1) is 10.9 Å². The zero-order valence-electron chi connectivity index (χ0n) is 5.10. The second-order valence-electron chi connectivity index (χ2n) is 1.07. The predicted molar refractivity (Wildman–Crippen MR) is 35.4 cm³/mol. The summed E-state index contributed by atoms with van der Waals surface area (Å²) in [6.45, 7) is 2.47. The van der Waals surface area contributed by atoms with Crippen molar-refractivity contribution in [3.63, 3.8) is 0 Å². The van der Waals surface area contributed by atoms with Crippen LogP contribution in [-0.4, -0.2) is 28.0 Å². The first kappa shape index (κ1) is 8.35. The van der Waals surface area contributed by atoms with E-state index in [1.54, 1.807) is 5.94 Å². The molecule has 0 saturated heterocycles. The van der Waals surface area contributed by atoms with Gasteiger partial charge in [-0.05, 0) is 0 Å². The van der Waals surface area contributed by atoms with Crippen molar-refractivity contribution in [1.29, 1.82) is 0 Å². The molecule has 3 heteroatoms. The van der Waals surface area contributed by atoms with Crippen LogP contribution in [0.5, 0.6) is 0 Å². The molecule has 0 aliphatic rings. The Morgan fingerprint density at radius 1 is 1.78 bits per heavy atom. The molecule has 0 aliphatic carbocycles. The molecule has 2 nitrogen and oxygen atoms in total.